The Labute approximate surface area is 201 Å². The van der Waals surface area contributed by atoms with E-state index < -0.39 is 16.1 Å². The van der Waals surface area contributed by atoms with Gasteiger partial charge in [-0.25, -0.2) is 8.42 Å². The second-order valence-electron chi connectivity index (χ2n) is 8.86. The molecule has 34 heavy (non-hydrogen) atoms. The number of sulfonamides is 1. The molecule has 0 aromatic heterocycles. The third-order valence-corrected chi connectivity index (χ3v) is 8.11. The summed E-state index contributed by atoms with van der Waals surface area (Å²) >= 11 is 0. The minimum Gasteiger partial charge on any atom is -0.494 e. The molecule has 0 spiro atoms. The molecule has 1 saturated heterocycles. The van der Waals surface area contributed by atoms with E-state index in [1.807, 2.05) is 26.0 Å². The summed E-state index contributed by atoms with van der Waals surface area (Å²) in [7, 11) is -3.47. The third kappa shape index (κ3) is 5.37. The number of nitrogens with one attached hydrogen (secondary N) is 2. The number of carbonyl (C=O) groups excluding carboxylic acids is 1. The molecule has 2 N–H and O–H groups in total. The van der Waals surface area contributed by atoms with Gasteiger partial charge in [-0.05, 0) is 70.0 Å². The summed E-state index contributed by atoms with van der Waals surface area (Å²) in [6.07, 6.45) is 2.79. The molecule has 184 valence electrons. The van der Waals surface area contributed by atoms with Gasteiger partial charge in [0.05, 0.1) is 17.5 Å². The SMILES string of the molecule is CCOc1cc2c(cc1CN[C@H](C)C(=O)Nc1ccc(S(=O)(=O)N3CCCC3)cc1)O[C@H](C)C2. The maximum absolute atomic E-state index is 12.7. The summed E-state index contributed by atoms with van der Waals surface area (Å²) in [5.41, 5.74) is 2.63. The van der Waals surface area contributed by atoms with Crippen molar-refractivity contribution >= 4 is 21.6 Å². The largest absolute Gasteiger partial charge is 0.494 e. The van der Waals surface area contributed by atoms with E-state index in [0.29, 0.717) is 31.9 Å². The molecule has 2 atom stereocenters. The number of ether oxygens (including phenoxy) is 2. The van der Waals surface area contributed by atoms with Gasteiger partial charge in [-0.15, -0.1) is 0 Å². The lowest BCUT2D eigenvalue weighted by Gasteiger charge is -2.18. The lowest BCUT2D eigenvalue weighted by atomic mass is 10.1. The first kappa shape index (κ1) is 24.5. The van der Waals surface area contributed by atoms with Gasteiger partial charge in [0, 0.05) is 42.9 Å². The topological polar surface area (TPSA) is 97.0 Å². The van der Waals surface area contributed by atoms with Crippen molar-refractivity contribution in [3.63, 3.8) is 0 Å². The molecule has 2 aliphatic rings. The van der Waals surface area contributed by atoms with Crippen LogP contribution in [0.15, 0.2) is 41.3 Å². The lowest BCUT2D eigenvalue weighted by molar-refractivity contribution is -0.117. The summed E-state index contributed by atoms with van der Waals surface area (Å²) in [6, 6.07) is 9.88. The molecule has 0 bridgehead atoms. The number of carbonyl (C=O) groups is 1. The molecule has 0 saturated carbocycles. The minimum atomic E-state index is -3.47. The Morgan fingerprint density at radius 2 is 1.91 bits per heavy atom. The Bertz CT molecular complexity index is 1130. The number of rotatable bonds is 9. The van der Waals surface area contributed by atoms with Gasteiger partial charge in [-0.1, -0.05) is 0 Å². The normalized spacial score (nSPS) is 18.9. The van der Waals surface area contributed by atoms with Crippen LogP contribution in [0, 0.1) is 0 Å². The molecule has 0 unspecified atom stereocenters. The molecule has 1 fully saturated rings. The Kier molecular flexibility index (Phi) is 7.45. The van der Waals surface area contributed by atoms with Gasteiger partial charge in [-0.2, -0.15) is 4.31 Å². The third-order valence-electron chi connectivity index (χ3n) is 6.20. The van der Waals surface area contributed by atoms with E-state index in [4.69, 9.17) is 9.47 Å². The average molecular weight is 488 g/mol. The van der Waals surface area contributed by atoms with Crippen LogP contribution in [0.25, 0.3) is 0 Å². The van der Waals surface area contributed by atoms with Gasteiger partial charge in [-0.3, -0.25) is 4.79 Å². The van der Waals surface area contributed by atoms with Crippen molar-refractivity contribution in [3.8, 4) is 11.5 Å². The first-order valence-corrected chi connectivity index (χ1v) is 13.3. The molecule has 8 nitrogen and oxygen atoms in total. The highest BCUT2D eigenvalue weighted by Crippen LogP contribution is 2.35. The summed E-state index contributed by atoms with van der Waals surface area (Å²) in [6.45, 7) is 7.90. The Morgan fingerprint density at radius 1 is 1.21 bits per heavy atom. The van der Waals surface area contributed by atoms with Crippen molar-refractivity contribution < 1.29 is 22.7 Å². The molecule has 2 aromatic carbocycles. The van der Waals surface area contributed by atoms with Crippen LogP contribution >= 0.6 is 0 Å². The van der Waals surface area contributed by atoms with Gasteiger partial charge in [0.2, 0.25) is 15.9 Å². The number of hydrogen-bond donors (Lipinski definition) is 2. The van der Waals surface area contributed by atoms with Crippen LogP contribution in [0.1, 0.15) is 44.7 Å². The van der Waals surface area contributed by atoms with Gasteiger partial charge >= 0.3 is 0 Å². The van der Waals surface area contributed by atoms with Gasteiger partial charge in [0.1, 0.15) is 17.6 Å². The van der Waals surface area contributed by atoms with Crippen molar-refractivity contribution in [2.75, 3.05) is 25.0 Å². The van der Waals surface area contributed by atoms with Gasteiger partial charge < -0.3 is 20.1 Å². The Morgan fingerprint density at radius 3 is 2.59 bits per heavy atom. The minimum absolute atomic E-state index is 0.147. The fourth-order valence-electron chi connectivity index (χ4n) is 4.30. The summed E-state index contributed by atoms with van der Waals surface area (Å²) in [5, 5.41) is 6.09. The molecular weight excluding hydrogens is 454 g/mol. The summed E-state index contributed by atoms with van der Waals surface area (Å²) in [4.78, 5) is 13.0. The van der Waals surface area contributed by atoms with E-state index in [-0.39, 0.29) is 16.9 Å². The fraction of sp³-hybridized carbons (Fsp3) is 0.480. The van der Waals surface area contributed by atoms with Crippen LogP contribution in [-0.2, 0) is 27.8 Å². The molecule has 1 amide bonds. The number of benzene rings is 2. The van der Waals surface area contributed by atoms with E-state index >= 15 is 0 Å². The van der Waals surface area contributed by atoms with Crippen LogP contribution < -0.4 is 20.1 Å². The van der Waals surface area contributed by atoms with Crippen LogP contribution in [-0.4, -0.2) is 50.5 Å². The Balaban J connectivity index is 1.36. The van der Waals surface area contributed by atoms with E-state index in [9.17, 15) is 13.2 Å². The first-order valence-electron chi connectivity index (χ1n) is 11.9. The quantitative estimate of drug-likeness (QED) is 0.563. The van der Waals surface area contributed by atoms with Crippen molar-refractivity contribution in [1.82, 2.24) is 9.62 Å². The molecule has 0 aliphatic carbocycles. The molecule has 2 aliphatic heterocycles. The molecular formula is C25H33N3O5S. The number of fused-ring (bicyclic) bond motifs is 1. The maximum Gasteiger partial charge on any atom is 0.243 e. The first-order chi connectivity index (χ1) is 16.3. The van der Waals surface area contributed by atoms with Crippen LogP contribution in [0.3, 0.4) is 0 Å². The second-order valence-corrected chi connectivity index (χ2v) is 10.8. The second kappa shape index (κ2) is 10.3. The van der Waals surface area contributed by atoms with Gasteiger partial charge in [0.25, 0.3) is 0 Å². The maximum atomic E-state index is 12.7. The number of nitrogens with zero attached hydrogens (tertiary/aromatic N) is 1. The predicted molar refractivity (Wildman–Crippen MR) is 131 cm³/mol. The number of hydrogen-bond acceptors (Lipinski definition) is 6. The molecule has 9 heteroatoms. The predicted octanol–water partition coefficient (Wildman–Crippen LogP) is 3.31. The van der Waals surface area contributed by atoms with E-state index in [1.165, 1.54) is 4.31 Å². The molecule has 4 rings (SSSR count). The fourth-order valence-corrected chi connectivity index (χ4v) is 5.82. The van der Waals surface area contributed by atoms with E-state index in [0.717, 1.165) is 41.9 Å². The zero-order valence-electron chi connectivity index (χ0n) is 20.0. The molecule has 0 radical (unpaired) electrons. The van der Waals surface area contributed by atoms with E-state index in [1.54, 1.807) is 31.2 Å². The zero-order valence-corrected chi connectivity index (χ0v) is 20.8. The average Bonchev–Trinajstić information content (AvgIpc) is 3.47. The monoisotopic (exact) mass is 487 g/mol. The van der Waals surface area contributed by atoms with Crippen molar-refractivity contribution in [1.29, 1.82) is 0 Å². The van der Waals surface area contributed by atoms with Crippen molar-refractivity contribution in [2.45, 2.75) is 63.6 Å². The van der Waals surface area contributed by atoms with Crippen LogP contribution in [0.4, 0.5) is 5.69 Å². The highest BCUT2D eigenvalue weighted by atomic mass is 32.2. The smallest absolute Gasteiger partial charge is 0.243 e. The Hall–Kier alpha value is -2.62. The molecule has 2 heterocycles. The van der Waals surface area contributed by atoms with E-state index in [2.05, 4.69) is 10.6 Å². The summed E-state index contributed by atoms with van der Waals surface area (Å²) in [5.74, 6) is 1.46. The molecule has 2 aromatic rings. The summed E-state index contributed by atoms with van der Waals surface area (Å²) < 4.78 is 38.5. The highest BCUT2D eigenvalue weighted by molar-refractivity contribution is 7.89. The van der Waals surface area contributed by atoms with Crippen molar-refractivity contribution in [3.05, 3.63) is 47.5 Å². The highest BCUT2D eigenvalue weighted by Gasteiger charge is 2.27. The van der Waals surface area contributed by atoms with Crippen LogP contribution in [0.5, 0.6) is 11.5 Å². The van der Waals surface area contributed by atoms with Gasteiger partial charge in [0.15, 0.2) is 0 Å². The van der Waals surface area contributed by atoms with Crippen molar-refractivity contribution in [2.24, 2.45) is 0 Å². The lowest BCUT2D eigenvalue weighted by Crippen LogP contribution is -2.37. The number of anilines is 1. The number of amides is 1. The standard InChI is InChI=1S/C25H33N3O5S/c1-4-32-23-14-19-13-17(2)33-24(19)15-20(23)16-26-18(3)25(29)27-21-7-9-22(10-8-21)34(30,31)28-11-5-6-12-28/h7-10,14-15,17-18,26H,4-6,11-13,16H2,1-3H3,(H,27,29)/t17-,18-/m1/s1. The van der Waals surface area contributed by atoms with Crippen LogP contribution in [0.2, 0.25) is 0 Å². The zero-order chi connectivity index (χ0) is 24.3.